The van der Waals surface area contributed by atoms with Crippen LogP contribution >= 0.6 is 11.6 Å². The van der Waals surface area contributed by atoms with Gasteiger partial charge in [0, 0.05) is 43.3 Å². The monoisotopic (exact) mass is 226 g/mol. The summed E-state index contributed by atoms with van der Waals surface area (Å²) in [5.74, 6) is 0.293. The summed E-state index contributed by atoms with van der Waals surface area (Å²) >= 11 is 6.05. The fourth-order valence-electron chi connectivity index (χ4n) is 1.80. The summed E-state index contributed by atoms with van der Waals surface area (Å²) in [6.07, 6.45) is 0. The van der Waals surface area contributed by atoms with Crippen LogP contribution in [0.4, 0.5) is 0 Å². The Morgan fingerprint density at radius 3 is 2.73 bits per heavy atom. The number of rotatable bonds is 2. The first-order valence-corrected chi connectivity index (χ1v) is 5.54. The molecule has 2 rings (SSSR count). The summed E-state index contributed by atoms with van der Waals surface area (Å²) < 4.78 is 0. The second-order valence-electron chi connectivity index (χ2n) is 3.76. The number of benzene rings is 1. The van der Waals surface area contributed by atoms with Crippen LogP contribution in [0, 0.1) is 0 Å². The van der Waals surface area contributed by atoms with Crippen LogP contribution in [-0.2, 0) is 6.54 Å². The van der Waals surface area contributed by atoms with E-state index in [-0.39, 0.29) is 0 Å². The number of halogens is 1. The minimum absolute atomic E-state index is 0.293. The maximum Gasteiger partial charge on any atom is 0.121 e. The molecule has 0 aliphatic carbocycles. The van der Waals surface area contributed by atoms with Crippen LogP contribution in [0.5, 0.6) is 5.75 Å². The van der Waals surface area contributed by atoms with E-state index in [2.05, 4.69) is 10.2 Å². The van der Waals surface area contributed by atoms with Crippen molar-refractivity contribution >= 4 is 11.6 Å². The maximum absolute atomic E-state index is 9.70. The molecule has 1 heterocycles. The van der Waals surface area contributed by atoms with E-state index in [1.807, 2.05) is 6.07 Å². The number of nitrogens with zero attached hydrogens (tertiary/aromatic N) is 1. The Kier molecular flexibility index (Phi) is 3.46. The molecular formula is C11H15ClN2O. The predicted molar refractivity (Wildman–Crippen MR) is 61.3 cm³/mol. The van der Waals surface area contributed by atoms with Gasteiger partial charge in [-0.2, -0.15) is 0 Å². The van der Waals surface area contributed by atoms with E-state index in [0.29, 0.717) is 10.8 Å². The smallest absolute Gasteiger partial charge is 0.121 e. The lowest BCUT2D eigenvalue weighted by molar-refractivity contribution is 0.230. The van der Waals surface area contributed by atoms with E-state index >= 15 is 0 Å². The normalized spacial score (nSPS) is 17.9. The minimum Gasteiger partial charge on any atom is -0.508 e. The van der Waals surface area contributed by atoms with Crippen molar-refractivity contribution in [1.82, 2.24) is 10.2 Å². The van der Waals surface area contributed by atoms with Crippen molar-refractivity contribution in [2.75, 3.05) is 26.2 Å². The Morgan fingerprint density at radius 2 is 2.07 bits per heavy atom. The summed E-state index contributed by atoms with van der Waals surface area (Å²) in [7, 11) is 0. The number of hydrogen-bond donors (Lipinski definition) is 2. The van der Waals surface area contributed by atoms with Crippen molar-refractivity contribution in [1.29, 1.82) is 0 Å². The molecule has 0 amide bonds. The molecule has 0 spiro atoms. The number of phenolic OH excluding ortho intramolecular Hbond substituents is 1. The molecule has 0 atom stereocenters. The highest BCUT2D eigenvalue weighted by Gasteiger charge is 2.13. The molecule has 0 saturated carbocycles. The molecule has 2 N–H and O–H groups in total. The molecule has 0 aromatic heterocycles. The summed E-state index contributed by atoms with van der Waals surface area (Å²) in [6, 6.07) is 5.27. The van der Waals surface area contributed by atoms with E-state index < -0.39 is 0 Å². The van der Waals surface area contributed by atoms with Crippen LogP contribution in [0.3, 0.4) is 0 Å². The zero-order valence-electron chi connectivity index (χ0n) is 8.54. The number of piperazine rings is 1. The highest BCUT2D eigenvalue weighted by molar-refractivity contribution is 6.31. The largest absolute Gasteiger partial charge is 0.508 e. The van der Waals surface area contributed by atoms with E-state index in [9.17, 15) is 5.11 Å². The lowest BCUT2D eigenvalue weighted by Gasteiger charge is -2.27. The number of phenols is 1. The molecule has 1 aliphatic heterocycles. The number of nitrogens with one attached hydrogen (secondary N) is 1. The van der Waals surface area contributed by atoms with Gasteiger partial charge in [-0.15, -0.1) is 0 Å². The fraction of sp³-hybridized carbons (Fsp3) is 0.455. The van der Waals surface area contributed by atoms with Crippen LogP contribution in [0.15, 0.2) is 18.2 Å². The summed E-state index contributed by atoms with van der Waals surface area (Å²) in [5.41, 5.74) is 0.834. The second kappa shape index (κ2) is 4.84. The SMILES string of the molecule is Oc1cccc(Cl)c1CN1CCNCC1. The molecule has 1 fully saturated rings. The molecule has 1 saturated heterocycles. The van der Waals surface area contributed by atoms with Crippen LogP contribution < -0.4 is 5.32 Å². The van der Waals surface area contributed by atoms with Gasteiger partial charge in [0.25, 0.3) is 0 Å². The summed E-state index contributed by atoms with van der Waals surface area (Å²) in [6.45, 7) is 4.75. The van der Waals surface area contributed by atoms with Crippen LogP contribution in [0.1, 0.15) is 5.56 Å². The fourth-order valence-corrected chi connectivity index (χ4v) is 2.03. The lowest BCUT2D eigenvalue weighted by Crippen LogP contribution is -2.42. The number of aromatic hydroxyl groups is 1. The lowest BCUT2D eigenvalue weighted by atomic mass is 10.1. The van der Waals surface area contributed by atoms with E-state index in [0.717, 1.165) is 38.3 Å². The molecule has 1 aromatic carbocycles. The molecule has 0 unspecified atom stereocenters. The molecule has 0 radical (unpaired) electrons. The Labute approximate surface area is 94.7 Å². The molecule has 0 bridgehead atoms. The van der Waals surface area contributed by atoms with Gasteiger partial charge in [0.1, 0.15) is 5.75 Å². The minimum atomic E-state index is 0.293. The maximum atomic E-state index is 9.70. The molecule has 4 heteroatoms. The zero-order valence-corrected chi connectivity index (χ0v) is 9.30. The van der Waals surface area contributed by atoms with Crippen molar-refractivity contribution in [2.24, 2.45) is 0 Å². The van der Waals surface area contributed by atoms with Crippen LogP contribution in [-0.4, -0.2) is 36.2 Å². The van der Waals surface area contributed by atoms with Gasteiger partial charge < -0.3 is 10.4 Å². The van der Waals surface area contributed by atoms with Crippen molar-refractivity contribution < 1.29 is 5.11 Å². The predicted octanol–water partition coefficient (Wildman–Crippen LogP) is 1.45. The molecule has 1 aromatic rings. The topological polar surface area (TPSA) is 35.5 Å². The number of hydrogen-bond acceptors (Lipinski definition) is 3. The van der Waals surface area contributed by atoms with Gasteiger partial charge in [0.05, 0.1) is 0 Å². The van der Waals surface area contributed by atoms with Gasteiger partial charge in [-0.1, -0.05) is 17.7 Å². The van der Waals surface area contributed by atoms with E-state index in [4.69, 9.17) is 11.6 Å². The molecule has 82 valence electrons. The highest BCUT2D eigenvalue weighted by Crippen LogP contribution is 2.26. The van der Waals surface area contributed by atoms with Gasteiger partial charge in [0.15, 0.2) is 0 Å². The first-order chi connectivity index (χ1) is 7.27. The quantitative estimate of drug-likeness (QED) is 0.802. The van der Waals surface area contributed by atoms with E-state index in [1.54, 1.807) is 12.1 Å². The first-order valence-electron chi connectivity index (χ1n) is 5.17. The summed E-state index contributed by atoms with van der Waals surface area (Å²) in [4.78, 5) is 2.29. The molecule has 1 aliphatic rings. The third-order valence-corrected chi connectivity index (χ3v) is 3.04. The highest BCUT2D eigenvalue weighted by atomic mass is 35.5. The Hall–Kier alpha value is -0.770. The van der Waals surface area contributed by atoms with Gasteiger partial charge >= 0.3 is 0 Å². The van der Waals surface area contributed by atoms with Gasteiger partial charge in [-0.05, 0) is 12.1 Å². The third kappa shape index (κ3) is 2.62. The Bertz CT molecular complexity index is 317. The van der Waals surface area contributed by atoms with Crippen molar-refractivity contribution in [3.8, 4) is 5.75 Å². The Balaban J connectivity index is 2.09. The zero-order chi connectivity index (χ0) is 10.7. The first kappa shape index (κ1) is 10.7. The molecule has 15 heavy (non-hydrogen) atoms. The van der Waals surface area contributed by atoms with Crippen molar-refractivity contribution in [3.63, 3.8) is 0 Å². The van der Waals surface area contributed by atoms with Gasteiger partial charge in [0.2, 0.25) is 0 Å². The Morgan fingerprint density at radius 1 is 1.33 bits per heavy atom. The average molecular weight is 227 g/mol. The molecule has 3 nitrogen and oxygen atoms in total. The summed E-state index contributed by atoms with van der Waals surface area (Å²) in [5, 5.41) is 13.6. The van der Waals surface area contributed by atoms with Gasteiger partial charge in [-0.25, -0.2) is 0 Å². The van der Waals surface area contributed by atoms with Gasteiger partial charge in [-0.3, -0.25) is 4.90 Å². The van der Waals surface area contributed by atoms with Crippen molar-refractivity contribution in [2.45, 2.75) is 6.54 Å². The van der Waals surface area contributed by atoms with Crippen LogP contribution in [0.2, 0.25) is 5.02 Å². The third-order valence-electron chi connectivity index (χ3n) is 2.69. The molecular weight excluding hydrogens is 212 g/mol. The second-order valence-corrected chi connectivity index (χ2v) is 4.17. The standard InChI is InChI=1S/C11H15ClN2O/c12-10-2-1-3-11(15)9(10)8-14-6-4-13-5-7-14/h1-3,13,15H,4-8H2. The average Bonchev–Trinajstić information content (AvgIpc) is 2.25. The van der Waals surface area contributed by atoms with Crippen LogP contribution in [0.25, 0.3) is 0 Å². The van der Waals surface area contributed by atoms with Crippen molar-refractivity contribution in [3.05, 3.63) is 28.8 Å². The van der Waals surface area contributed by atoms with E-state index in [1.165, 1.54) is 0 Å².